The van der Waals surface area contributed by atoms with E-state index in [-0.39, 0.29) is 12.3 Å². The molecule has 3 aromatic carbocycles. The van der Waals surface area contributed by atoms with E-state index in [0.29, 0.717) is 5.95 Å². The van der Waals surface area contributed by atoms with E-state index in [4.69, 9.17) is 36.6 Å². The molecule has 1 aliphatic rings. The number of anilines is 2. The summed E-state index contributed by atoms with van der Waals surface area (Å²) in [5.41, 5.74) is 9.95. The van der Waals surface area contributed by atoms with Crippen molar-refractivity contribution in [2.45, 2.75) is 60.1 Å². The van der Waals surface area contributed by atoms with Gasteiger partial charge in [-0.05, 0) is 99.2 Å². The van der Waals surface area contributed by atoms with E-state index in [1.807, 2.05) is 24.5 Å². The summed E-state index contributed by atoms with van der Waals surface area (Å²) in [7, 11) is 0. The van der Waals surface area contributed by atoms with Crippen LogP contribution in [-0.2, 0) is 17.8 Å². The number of rotatable bonds is 4. The fourth-order valence-corrected chi connectivity index (χ4v) is 5.69. The zero-order valence-corrected chi connectivity index (χ0v) is 26.7. The van der Waals surface area contributed by atoms with Gasteiger partial charge < -0.3 is 19.7 Å². The Kier molecular flexibility index (Phi) is 10.1. The minimum atomic E-state index is -0.500. The van der Waals surface area contributed by atoms with Crippen LogP contribution in [0.2, 0.25) is 5.02 Å². The SMILES string of the molecule is CC(C)(C)O.CCc1c(C)c2c3c(cc(C)n3CCN2c2ncc(-c3ccc(F)cc3)cn2)c1-c1ccc(Cl)cc1.O=CO. The van der Waals surface area contributed by atoms with Crippen LogP contribution >= 0.6 is 11.6 Å². The first-order valence-corrected chi connectivity index (χ1v) is 14.8. The molecule has 6 rings (SSSR count). The number of carboxylic acid groups (broad SMARTS) is 1. The highest BCUT2D eigenvalue weighted by Crippen LogP contribution is 2.46. The minimum Gasteiger partial charge on any atom is -0.483 e. The average Bonchev–Trinajstić information content (AvgIpc) is 3.31. The number of carbonyl (C=O) groups is 1. The molecule has 0 atom stereocenters. The van der Waals surface area contributed by atoms with Gasteiger partial charge in [0.15, 0.2) is 0 Å². The van der Waals surface area contributed by atoms with Crippen molar-refractivity contribution in [3.63, 3.8) is 0 Å². The van der Waals surface area contributed by atoms with E-state index in [9.17, 15) is 4.39 Å². The molecule has 2 aromatic heterocycles. The van der Waals surface area contributed by atoms with Crippen LogP contribution in [0.25, 0.3) is 33.2 Å². The van der Waals surface area contributed by atoms with Gasteiger partial charge in [0.25, 0.3) is 6.47 Å². The van der Waals surface area contributed by atoms with Crippen molar-refractivity contribution >= 4 is 40.6 Å². The molecule has 0 unspecified atom stereocenters. The highest BCUT2D eigenvalue weighted by Gasteiger charge is 2.29. The molecule has 230 valence electrons. The number of aliphatic hydroxyl groups is 1. The third kappa shape index (κ3) is 7.09. The quantitative estimate of drug-likeness (QED) is 0.197. The number of hydrogen-bond donors (Lipinski definition) is 2. The number of nitrogens with zero attached hydrogens (tertiary/aromatic N) is 4. The van der Waals surface area contributed by atoms with Crippen molar-refractivity contribution in [1.29, 1.82) is 0 Å². The summed E-state index contributed by atoms with van der Waals surface area (Å²) in [4.78, 5) is 20.1. The van der Waals surface area contributed by atoms with Crippen LogP contribution in [0.1, 0.15) is 44.5 Å². The molecule has 0 radical (unpaired) electrons. The topological polar surface area (TPSA) is 91.5 Å². The van der Waals surface area contributed by atoms with Crippen molar-refractivity contribution in [2.24, 2.45) is 0 Å². The van der Waals surface area contributed by atoms with E-state index in [0.717, 1.165) is 35.7 Å². The Hall–Kier alpha value is -4.27. The molecule has 0 spiro atoms. The van der Waals surface area contributed by atoms with Crippen molar-refractivity contribution in [2.75, 3.05) is 11.4 Å². The van der Waals surface area contributed by atoms with Crippen LogP contribution in [-0.4, -0.2) is 43.4 Å². The maximum Gasteiger partial charge on any atom is 0.290 e. The smallest absolute Gasteiger partial charge is 0.290 e. The minimum absolute atomic E-state index is 0.250. The Morgan fingerprint density at radius 1 is 0.955 bits per heavy atom. The number of aromatic nitrogens is 3. The lowest BCUT2D eigenvalue weighted by atomic mass is 9.89. The summed E-state index contributed by atoms with van der Waals surface area (Å²) in [6, 6.07) is 16.9. The normalized spacial score (nSPS) is 12.2. The highest BCUT2D eigenvalue weighted by atomic mass is 35.5. The molecule has 0 bridgehead atoms. The molecule has 3 heterocycles. The highest BCUT2D eigenvalue weighted by molar-refractivity contribution is 6.30. The molecule has 0 amide bonds. The molecule has 9 heteroatoms. The summed E-state index contributed by atoms with van der Waals surface area (Å²) in [6.45, 7) is 13.2. The van der Waals surface area contributed by atoms with Gasteiger partial charge in [-0.3, -0.25) is 4.79 Å². The zero-order chi connectivity index (χ0) is 32.2. The molecule has 0 saturated heterocycles. The Morgan fingerprint density at radius 2 is 1.50 bits per heavy atom. The summed E-state index contributed by atoms with van der Waals surface area (Å²) in [5.74, 6) is 0.424. The predicted molar refractivity (Wildman–Crippen MR) is 176 cm³/mol. The molecule has 7 nitrogen and oxygen atoms in total. The van der Waals surface area contributed by atoms with Gasteiger partial charge in [0.1, 0.15) is 5.82 Å². The second kappa shape index (κ2) is 13.6. The van der Waals surface area contributed by atoms with Crippen molar-refractivity contribution in [3.05, 3.63) is 94.7 Å². The summed E-state index contributed by atoms with van der Waals surface area (Å²) in [5, 5.41) is 17.4. The van der Waals surface area contributed by atoms with Crippen LogP contribution in [0.15, 0.2) is 67.0 Å². The van der Waals surface area contributed by atoms with Crippen LogP contribution in [0.3, 0.4) is 0 Å². The molecule has 0 saturated carbocycles. The number of benzene rings is 3. The van der Waals surface area contributed by atoms with Crippen LogP contribution in [0, 0.1) is 19.7 Å². The third-order valence-electron chi connectivity index (χ3n) is 7.27. The summed E-state index contributed by atoms with van der Waals surface area (Å²) in [6.07, 6.45) is 4.56. The van der Waals surface area contributed by atoms with E-state index in [2.05, 4.69) is 48.4 Å². The molecule has 1 aliphatic heterocycles. The first-order valence-electron chi connectivity index (χ1n) is 14.4. The Labute approximate surface area is 262 Å². The summed E-state index contributed by atoms with van der Waals surface area (Å²) < 4.78 is 15.8. The first-order chi connectivity index (χ1) is 20.9. The lowest BCUT2D eigenvalue weighted by Crippen LogP contribution is -2.30. The van der Waals surface area contributed by atoms with Gasteiger partial charge in [0.05, 0.1) is 16.8 Å². The largest absolute Gasteiger partial charge is 0.483 e. The second-order valence-corrected chi connectivity index (χ2v) is 12.0. The van der Waals surface area contributed by atoms with Gasteiger partial charge >= 0.3 is 0 Å². The molecule has 0 aliphatic carbocycles. The maximum absolute atomic E-state index is 13.3. The van der Waals surface area contributed by atoms with Gasteiger partial charge in [-0.1, -0.05) is 42.8 Å². The molecular weight excluding hydrogens is 579 g/mol. The maximum atomic E-state index is 13.3. The fourth-order valence-electron chi connectivity index (χ4n) is 5.56. The van der Waals surface area contributed by atoms with Crippen LogP contribution in [0.4, 0.5) is 16.0 Å². The Balaban J connectivity index is 0.000000496. The van der Waals surface area contributed by atoms with Gasteiger partial charge in [-0.25, -0.2) is 14.4 Å². The first kappa shape index (κ1) is 32.6. The van der Waals surface area contributed by atoms with E-state index in [1.165, 1.54) is 56.7 Å². The number of hydrogen-bond acceptors (Lipinski definition) is 5. The predicted octanol–water partition coefficient (Wildman–Crippen LogP) is 8.37. The lowest BCUT2D eigenvalue weighted by Gasteiger charge is -2.33. The van der Waals surface area contributed by atoms with Crippen molar-refractivity contribution < 1.29 is 19.4 Å². The van der Waals surface area contributed by atoms with Gasteiger partial charge in [-0.2, -0.15) is 0 Å². The number of halogens is 2. The zero-order valence-electron chi connectivity index (χ0n) is 25.9. The Morgan fingerprint density at radius 3 is 2.05 bits per heavy atom. The fraction of sp³-hybridized carbons (Fsp3) is 0.286. The third-order valence-corrected chi connectivity index (χ3v) is 7.52. The van der Waals surface area contributed by atoms with E-state index < -0.39 is 5.60 Å². The van der Waals surface area contributed by atoms with Crippen molar-refractivity contribution in [3.8, 4) is 22.3 Å². The molecule has 5 aromatic rings. The van der Waals surface area contributed by atoms with E-state index in [1.54, 1.807) is 32.9 Å². The number of aryl methyl sites for hydroxylation is 1. The van der Waals surface area contributed by atoms with Gasteiger partial charge in [0.2, 0.25) is 5.95 Å². The summed E-state index contributed by atoms with van der Waals surface area (Å²) >= 11 is 6.21. The van der Waals surface area contributed by atoms with Crippen LogP contribution < -0.4 is 4.90 Å². The molecular formula is C35H38ClFN4O3. The van der Waals surface area contributed by atoms with E-state index >= 15 is 0 Å². The Bertz CT molecular complexity index is 1740. The van der Waals surface area contributed by atoms with Crippen LogP contribution in [0.5, 0.6) is 0 Å². The molecule has 44 heavy (non-hydrogen) atoms. The lowest BCUT2D eigenvalue weighted by molar-refractivity contribution is -0.122. The standard InChI is InChI=1S/C30H26ClFN4.C4H10O.CH2O2/c1-4-25-19(3)28-29-26(27(25)21-5-9-23(31)10-6-21)15-18(2)35(29)13-14-36(28)30-33-16-22(17-34-30)20-7-11-24(32)12-8-20;1-4(2,3)5;2-1-3/h5-12,15-17H,4,13-14H2,1-3H3;5H,1-3H3;1H,(H,2,3). The average molecular weight is 617 g/mol. The second-order valence-electron chi connectivity index (χ2n) is 11.6. The van der Waals surface area contributed by atoms with Gasteiger partial charge in [0, 0.05) is 47.1 Å². The monoisotopic (exact) mass is 616 g/mol. The van der Waals surface area contributed by atoms with Crippen molar-refractivity contribution in [1.82, 2.24) is 14.5 Å². The van der Waals surface area contributed by atoms with Gasteiger partial charge in [-0.15, -0.1) is 0 Å². The molecule has 2 N–H and O–H groups in total. The molecule has 0 fully saturated rings.